The summed E-state index contributed by atoms with van der Waals surface area (Å²) in [4.78, 5) is 7.98. The Morgan fingerprint density at radius 3 is 3.08 bits per heavy atom. The lowest BCUT2D eigenvalue weighted by Crippen LogP contribution is -2.13. The van der Waals surface area contributed by atoms with Crippen LogP contribution in [-0.2, 0) is 0 Å². The van der Waals surface area contributed by atoms with Crippen molar-refractivity contribution in [2.75, 3.05) is 5.32 Å². The van der Waals surface area contributed by atoms with Crippen LogP contribution in [0.25, 0.3) is 0 Å². The highest BCUT2D eigenvalue weighted by atomic mass is 127. The lowest BCUT2D eigenvalue weighted by molar-refractivity contribution is 0.971. The standard InChI is InChI=1S/C8H10IN3/c1-3-6(2)12-8-7(9)4-10-5-11-8/h3-6H,1H2,2H3,(H,10,11,12). The average molecular weight is 275 g/mol. The molecule has 0 fully saturated rings. The van der Waals surface area contributed by atoms with Gasteiger partial charge in [0.2, 0.25) is 0 Å². The maximum Gasteiger partial charge on any atom is 0.143 e. The quantitative estimate of drug-likeness (QED) is 0.678. The van der Waals surface area contributed by atoms with Crippen LogP contribution in [0.1, 0.15) is 6.92 Å². The first-order valence-corrected chi connectivity index (χ1v) is 4.66. The molecule has 1 atom stereocenters. The maximum atomic E-state index is 4.09. The summed E-state index contributed by atoms with van der Waals surface area (Å²) in [6.45, 7) is 5.70. The predicted molar refractivity (Wildman–Crippen MR) is 58.0 cm³/mol. The van der Waals surface area contributed by atoms with Crippen LogP contribution in [0.5, 0.6) is 0 Å². The van der Waals surface area contributed by atoms with Gasteiger partial charge >= 0.3 is 0 Å². The van der Waals surface area contributed by atoms with E-state index in [2.05, 4.69) is 44.5 Å². The van der Waals surface area contributed by atoms with Crippen molar-refractivity contribution in [2.45, 2.75) is 13.0 Å². The van der Waals surface area contributed by atoms with Gasteiger partial charge in [0.25, 0.3) is 0 Å². The van der Waals surface area contributed by atoms with Crippen LogP contribution in [-0.4, -0.2) is 16.0 Å². The number of anilines is 1. The van der Waals surface area contributed by atoms with Crippen LogP contribution in [0.15, 0.2) is 25.2 Å². The summed E-state index contributed by atoms with van der Waals surface area (Å²) in [5.74, 6) is 0.859. The first kappa shape index (κ1) is 9.44. The summed E-state index contributed by atoms with van der Waals surface area (Å²) in [5.41, 5.74) is 0. The number of hydrogen-bond donors (Lipinski definition) is 1. The van der Waals surface area contributed by atoms with E-state index in [0.717, 1.165) is 9.39 Å². The molecule has 12 heavy (non-hydrogen) atoms. The minimum Gasteiger partial charge on any atom is -0.363 e. The zero-order valence-electron chi connectivity index (χ0n) is 6.79. The molecule has 1 heterocycles. The van der Waals surface area contributed by atoms with Crippen LogP contribution in [0.2, 0.25) is 0 Å². The Morgan fingerprint density at radius 2 is 2.50 bits per heavy atom. The fourth-order valence-electron chi connectivity index (χ4n) is 0.693. The van der Waals surface area contributed by atoms with E-state index in [1.54, 1.807) is 6.20 Å². The van der Waals surface area contributed by atoms with Gasteiger partial charge in [0.15, 0.2) is 0 Å². The molecule has 0 aliphatic rings. The van der Waals surface area contributed by atoms with E-state index in [1.165, 1.54) is 6.33 Å². The Kier molecular flexibility index (Phi) is 3.46. The molecule has 0 bridgehead atoms. The van der Waals surface area contributed by atoms with Gasteiger partial charge in [-0.3, -0.25) is 0 Å². The molecule has 0 saturated carbocycles. The van der Waals surface area contributed by atoms with Gasteiger partial charge in [0, 0.05) is 12.2 Å². The summed E-state index contributed by atoms with van der Waals surface area (Å²) >= 11 is 2.19. The van der Waals surface area contributed by atoms with Crippen LogP contribution in [0.3, 0.4) is 0 Å². The summed E-state index contributed by atoms with van der Waals surface area (Å²) in [6, 6.07) is 0.230. The van der Waals surface area contributed by atoms with Gasteiger partial charge in [-0.25, -0.2) is 9.97 Å². The lowest BCUT2D eigenvalue weighted by atomic mass is 10.3. The van der Waals surface area contributed by atoms with Crippen molar-refractivity contribution in [3.8, 4) is 0 Å². The van der Waals surface area contributed by atoms with Crippen LogP contribution in [0, 0.1) is 3.57 Å². The van der Waals surface area contributed by atoms with Crippen molar-refractivity contribution in [1.82, 2.24) is 9.97 Å². The summed E-state index contributed by atoms with van der Waals surface area (Å²) in [6.07, 6.45) is 5.13. The molecule has 0 spiro atoms. The lowest BCUT2D eigenvalue weighted by Gasteiger charge is -2.10. The van der Waals surface area contributed by atoms with Crippen LogP contribution < -0.4 is 5.32 Å². The second kappa shape index (κ2) is 4.39. The summed E-state index contributed by atoms with van der Waals surface area (Å²) in [5, 5.41) is 3.18. The largest absolute Gasteiger partial charge is 0.363 e. The van der Waals surface area contributed by atoms with E-state index in [1.807, 2.05) is 13.0 Å². The van der Waals surface area contributed by atoms with Gasteiger partial charge in [0.1, 0.15) is 12.1 Å². The van der Waals surface area contributed by atoms with Gasteiger partial charge in [-0.1, -0.05) is 6.08 Å². The molecule has 1 N–H and O–H groups in total. The molecule has 1 aromatic heterocycles. The molecule has 0 amide bonds. The highest BCUT2D eigenvalue weighted by molar-refractivity contribution is 14.1. The molecule has 4 heteroatoms. The molecule has 0 saturated heterocycles. The molecule has 1 unspecified atom stereocenters. The summed E-state index contributed by atoms with van der Waals surface area (Å²) in [7, 11) is 0. The van der Waals surface area contributed by atoms with E-state index in [9.17, 15) is 0 Å². The van der Waals surface area contributed by atoms with E-state index < -0.39 is 0 Å². The van der Waals surface area contributed by atoms with Crippen molar-refractivity contribution in [3.63, 3.8) is 0 Å². The van der Waals surface area contributed by atoms with Gasteiger partial charge in [-0.15, -0.1) is 6.58 Å². The van der Waals surface area contributed by atoms with Crippen LogP contribution in [0.4, 0.5) is 5.82 Å². The smallest absolute Gasteiger partial charge is 0.143 e. The first-order valence-electron chi connectivity index (χ1n) is 3.58. The van der Waals surface area contributed by atoms with Crippen molar-refractivity contribution in [3.05, 3.63) is 28.7 Å². The van der Waals surface area contributed by atoms with Crippen LogP contribution >= 0.6 is 22.6 Å². The SMILES string of the molecule is C=CC(C)Nc1ncncc1I. The van der Waals surface area contributed by atoms with Crippen molar-refractivity contribution in [1.29, 1.82) is 0 Å². The van der Waals surface area contributed by atoms with Gasteiger partial charge in [-0.05, 0) is 29.5 Å². The highest BCUT2D eigenvalue weighted by Gasteiger charge is 2.01. The Morgan fingerprint density at radius 1 is 1.75 bits per heavy atom. The molecule has 0 aliphatic carbocycles. The number of hydrogen-bond acceptors (Lipinski definition) is 3. The minimum atomic E-state index is 0.230. The van der Waals surface area contributed by atoms with Gasteiger partial charge in [0.05, 0.1) is 3.57 Å². The molecule has 0 radical (unpaired) electrons. The molecule has 1 rings (SSSR count). The van der Waals surface area contributed by atoms with E-state index in [4.69, 9.17) is 0 Å². The molecule has 1 aromatic rings. The molecule has 0 aromatic carbocycles. The predicted octanol–water partition coefficient (Wildman–Crippen LogP) is 2.07. The minimum absolute atomic E-state index is 0.230. The normalized spacial score (nSPS) is 12.2. The molecule has 64 valence electrons. The molecular weight excluding hydrogens is 265 g/mol. The number of rotatable bonds is 3. The zero-order valence-corrected chi connectivity index (χ0v) is 8.95. The number of nitrogens with zero attached hydrogens (tertiary/aromatic N) is 2. The Labute approximate surface area is 85.5 Å². The van der Waals surface area contributed by atoms with Gasteiger partial charge in [-0.2, -0.15) is 0 Å². The number of nitrogens with one attached hydrogen (secondary N) is 1. The number of aromatic nitrogens is 2. The third-order valence-electron chi connectivity index (χ3n) is 1.39. The second-order valence-electron chi connectivity index (χ2n) is 2.39. The Hall–Kier alpha value is -0.650. The van der Waals surface area contributed by atoms with Gasteiger partial charge < -0.3 is 5.32 Å². The van der Waals surface area contributed by atoms with Crippen molar-refractivity contribution >= 4 is 28.4 Å². The van der Waals surface area contributed by atoms with E-state index in [-0.39, 0.29) is 6.04 Å². The average Bonchev–Trinajstić information content (AvgIpc) is 2.09. The Balaban J connectivity index is 2.75. The highest BCUT2D eigenvalue weighted by Crippen LogP contribution is 2.13. The zero-order chi connectivity index (χ0) is 8.97. The summed E-state index contributed by atoms with van der Waals surface area (Å²) < 4.78 is 1.02. The van der Waals surface area contributed by atoms with E-state index in [0.29, 0.717) is 0 Å². The maximum absolute atomic E-state index is 4.09. The number of halogens is 1. The van der Waals surface area contributed by atoms with Crippen molar-refractivity contribution < 1.29 is 0 Å². The molecule has 3 nitrogen and oxygen atoms in total. The topological polar surface area (TPSA) is 37.8 Å². The first-order chi connectivity index (χ1) is 5.74. The Bertz CT molecular complexity index is 275. The monoisotopic (exact) mass is 275 g/mol. The van der Waals surface area contributed by atoms with Crippen molar-refractivity contribution in [2.24, 2.45) is 0 Å². The van der Waals surface area contributed by atoms with E-state index >= 15 is 0 Å². The molecule has 0 aliphatic heterocycles. The molecular formula is C8H10IN3. The third-order valence-corrected chi connectivity index (χ3v) is 2.17. The fourth-order valence-corrected chi connectivity index (χ4v) is 1.15. The third kappa shape index (κ3) is 2.44. The fraction of sp³-hybridized carbons (Fsp3) is 0.250. The second-order valence-corrected chi connectivity index (χ2v) is 3.55.